The number of imide groups is 1. The van der Waals surface area contributed by atoms with Gasteiger partial charge in [-0.1, -0.05) is 74.3 Å². The first kappa shape index (κ1) is 28.4. The van der Waals surface area contributed by atoms with Crippen LogP contribution in [0.5, 0.6) is 5.75 Å². The maximum atomic E-state index is 14.2. The molecule has 0 fully saturated rings. The fourth-order valence-corrected chi connectivity index (χ4v) is 4.39. The van der Waals surface area contributed by atoms with Crippen LogP contribution in [0.15, 0.2) is 86.7 Å². The molecule has 3 aromatic rings. The minimum Gasteiger partial charge on any atom is -0.508 e. The largest absolute Gasteiger partial charge is 0.508 e. The predicted molar refractivity (Wildman–Crippen MR) is 152 cm³/mol. The number of hydrogen-bond acceptors (Lipinski definition) is 5. The molecule has 0 saturated carbocycles. The summed E-state index contributed by atoms with van der Waals surface area (Å²) in [5.41, 5.74) is 18.8. The number of guanidine groups is 1. The number of amides is 2. The Hall–Kier alpha value is -3.21. The molecule has 2 amide bonds. The number of benzene rings is 3. The molecule has 0 unspecified atom stereocenters. The molecule has 0 aliphatic rings. The van der Waals surface area contributed by atoms with Crippen molar-refractivity contribution in [3.05, 3.63) is 98.4 Å². The zero-order valence-corrected chi connectivity index (χ0v) is 23.2. The number of para-hydroxylation sites is 1. The molecule has 194 valence electrons. The molecule has 0 saturated heterocycles. The van der Waals surface area contributed by atoms with Crippen LogP contribution in [0.2, 0.25) is 0 Å². The lowest BCUT2D eigenvalue weighted by Crippen LogP contribution is -2.48. The number of aromatic hydroxyl groups is 1. The third-order valence-electron chi connectivity index (χ3n) is 5.79. The molecule has 0 bridgehead atoms. The van der Waals surface area contributed by atoms with Gasteiger partial charge in [-0.25, -0.2) is 0 Å². The third kappa shape index (κ3) is 7.88. The van der Waals surface area contributed by atoms with Crippen LogP contribution in [0, 0.1) is 0 Å². The van der Waals surface area contributed by atoms with Crippen LogP contribution < -0.4 is 17.2 Å². The van der Waals surface area contributed by atoms with Crippen molar-refractivity contribution < 1.29 is 14.7 Å². The highest BCUT2D eigenvalue weighted by Gasteiger charge is 2.34. The van der Waals surface area contributed by atoms with Crippen molar-refractivity contribution in [1.29, 1.82) is 0 Å². The summed E-state index contributed by atoms with van der Waals surface area (Å²) < 4.78 is 1.73. The molecule has 8 nitrogen and oxygen atoms in total. The van der Waals surface area contributed by atoms with Gasteiger partial charge in [-0.15, -0.1) is 0 Å². The Morgan fingerprint density at radius 2 is 1.41 bits per heavy atom. The van der Waals surface area contributed by atoms with Gasteiger partial charge < -0.3 is 22.3 Å². The molecule has 0 aromatic heterocycles. The van der Waals surface area contributed by atoms with E-state index in [1.54, 1.807) is 18.2 Å². The Morgan fingerprint density at radius 1 is 0.865 bits per heavy atom. The number of aliphatic imine (C=N–C) groups is 1. The van der Waals surface area contributed by atoms with Crippen molar-refractivity contribution in [3.63, 3.8) is 0 Å². The zero-order valence-electron chi connectivity index (χ0n) is 20.1. The number of phenols is 1. The van der Waals surface area contributed by atoms with Gasteiger partial charge in [-0.3, -0.25) is 19.5 Å². The van der Waals surface area contributed by atoms with E-state index in [9.17, 15) is 14.7 Å². The van der Waals surface area contributed by atoms with E-state index in [4.69, 9.17) is 17.2 Å². The van der Waals surface area contributed by atoms with Gasteiger partial charge in [-0.05, 0) is 54.3 Å². The molecule has 3 aromatic carbocycles. The van der Waals surface area contributed by atoms with Crippen molar-refractivity contribution in [1.82, 2.24) is 4.90 Å². The normalized spacial score (nSPS) is 11.7. The number of nitrogens with zero attached hydrogens (tertiary/aromatic N) is 2. The molecule has 7 N–H and O–H groups in total. The van der Waals surface area contributed by atoms with Crippen molar-refractivity contribution in [3.8, 4) is 5.75 Å². The number of rotatable bonds is 10. The highest BCUT2D eigenvalue weighted by Crippen LogP contribution is 2.31. The highest BCUT2D eigenvalue weighted by molar-refractivity contribution is 9.10. The molecule has 1 atom stereocenters. The lowest BCUT2D eigenvalue weighted by atomic mass is 9.89. The number of hydrogen-bond donors (Lipinski definition) is 4. The summed E-state index contributed by atoms with van der Waals surface area (Å²) in [6.07, 6.45) is 0.744. The first-order chi connectivity index (χ1) is 17.7. The van der Waals surface area contributed by atoms with E-state index >= 15 is 0 Å². The summed E-state index contributed by atoms with van der Waals surface area (Å²) in [4.78, 5) is 32.8. The van der Waals surface area contributed by atoms with Gasteiger partial charge in [0.05, 0.1) is 18.5 Å². The Bertz CT molecular complexity index is 1200. The molecular formula is C27H29Br2N5O3. The quantitative estimate of drug-likeness (QED) is 0.151. The Morgan fingerprint density at radius 3 is 1.92 bits per heavy atom. The Labute approximate surface area is 232 Å². The van der Waals surface area contributed by atoms with Gasteiger partial charge in [0.2, 0.25) is 11.8 Å². The monoisotopic (exact) mass is 629 g/mol. The molecule has 0 radical (unpaired) electrons. The molecule has 0 spiro atoms. The zero-order chi connectivity index (χ0) is 26.9. The van der Waals surface area contributed by atoms with Gasteiger partial charge in [0.15, 0.2) is 5.96 Å². The molecule has 0 heterocycles. The van der Waals surface area contributed by atoms with Crippen LogP contribution in [-0.2, 0) is 16.1 Å². The average molecular weight is 631 g/mol. The van der Waals surface area contributed by atoms with Crippen LogP contribution in [-0.4, -0.2) is 40.4 Å². The van der Waals surface area contributed by atoms with E-state index in [1.807, 2.05) is 48.5 Å². The van der Waals surface area contributed by atoms with Crippen LogP contribution in [0.4, 0.5) is 0 Å². The van der Waals surface area contributed by atoms with E-state index in [2.05, 4.69) is 36.9 Å². The van der Waals surface area contributed by atoms with Crippen molar-refractivity contribution in [2.45, 2.75) is 31.3 Å². The van der Waals surface area contributed by atoms with E-state index < -0.39 is 23.8 Å². The summed E-state index contributed by atoms with van der Waals surface area (Å²) in [5, 5.41) is 10.4. The second-order valence-electron chi connectivity index (χ2n) is 8.48. The first-order valence-corrected chi connectivity index (χ1v) is 13.2. The third-order valence-corrected chi connectivity index (χ3v) is 6.85. The van der Waals surface area contributed by atoms with Gasteiger partial charge >= 0.3 is 0 Å². The molecule has 10 heteroatoms. The van der Waals surface area contributed by atoms with Crippen LogP contribution in [0.3, 0.4) is 0 Å². The smallest absolute Gasteiger partial charge is 0.246 e. The van der Waals surface area contributed by atoms with Crippen molar-refractivity contribution in [2.75, 3.05) is 6.54 Å². The Kier molecular flexibility index (Phi) is 10.2. The minimum atomic E-state index is -0.959. The summed E-state index contributed by atoms with van der Waals surface area (Å²) in [6.45, 7) is 0.187. The summed E-state index contributed by atoms with van der Waals surface area (Å²) in [7, 11) is 0. The van der Waals surface area contributed by atoms with Crippen LogP contribution in [0.25, 0.3) is 0 Å². The SMILES string of the molecule is NC(N)=NCCC[C@@H](N)C(=O)N(Cc1ccccc1O)C(=O)C(c1ccc(Br)cc1)c1ccc(Br)cc1. The summed E-state index contributed by atoms with van der Waals surface area (Å²) >= 11 is 6.87. The number of carbonyl (C=O) groups excluding carboxylic acids is 2. The van der Waals surface area contributed by atoms with Crippen molar-refractivity contribution in [2.24, 2.45) is 22.2 Å². The summed E-state index contributed by atoms with van der Waals surface area (Å²) in [6, 6.07) is 20.4. The molecule has 3 rings (SSSR count). The van der Waals surface area contributed by atoms with Gasteiger partial charge in [0, 0.05) is 21.1 Å². The first-order valence-electron chi connectivity index (χ1n) is 11.6. The molecule has 37 heavy (non-hydrogen) atoms. The minimum absolute atomic E-state index is 0.0155. The lowest BCUT2D eigenvalue weighted by Gasteiger charge is -2.29. The van der Waals surface area contributed by atoms with E-state index in [1.165, 1.54) is 6.07 Å². The van der Waals surface area contributed by atoms with Gasteiger partial charge in [-0.2, -0.15) is 0 Å². The van der Waals surface area contributed by atoms with E-state index in [-0.39, 0.29) is 24.7 Å². The lowest BCUT2D eigenvalue weighted by molar-refractivity contribution is -0.147. The van der Waals surface area contributed by atoms with E-state index in [0.29, 0.717) is 29.7 Å². The maximum Gasteiger partial charge on any atom is 0.246 e. The number of nitrogens with two attached hydrogens (primary N) is 3. The average Bonchev–Trinajstić information content (AvgIpc) is 2.87. The van der Waals surface area contributed by atoms with Crippen LogP contribution >= 0.6 is 31.9 Å². The predicted octanol–water partition coefficient (Wildman–Crippen LogP) is 3.99. The second-order valence-corrected chi connectivity index (χ2v) is 10.3. The van der Waals surface area contributed by atoms with Crippen molar-refractivity contribution >= 4 is 49.6 Å². The maximum absolute atomic E-state index is 14.2. The fraction of sp³-hybridized carbons (Fsp3) is 0.222. The summed E-state index contributed by atoms with van der Waals surface area (Å²) in [5.74, 6) is -1.82. The molecular weight excluding hydrogens is 602 g/mol. The Balaban J connectivity index is 2.00. The standard InChI is InChI=1S/C27H29Br2N5O3/c28-20-11-7-17(8-12-20)24(18-9-13-21(29)14-10-18)26(37)34(16-19-4-1-2-6-23(19)35)25(36)22(30)5-3-15-33-27(31)32/h1-2,4,6-14,22,24,35H,3,5,15-16,30H2,(H4,31,32,33)/t22-/m1/s1. The van der Waals surface area contributed by atoms with Gasteiger partial charge in [0.1, 0.15) is 5.75 Å². The van der Waals surface area contributed by atoms with E-state index in [0.717, 1.165) is 13.8 Å². The number of carbonyl (C=O) groups is 2. The fourth-order valence-electron chi connectivity index (χ4n) is 3.87. The molecule has 0 aliphatic carbocycles. The highest BCUT2D eigenvalue weighted by atomic mass is 79.9. The number of halogens is 2. The number of phenolic OH excluding ortho intramolecular Hbond substituents is 1. The molecule has 0 aliphatic heterocycles. The second kappa shape index (κ2) is 13.4. The topological polar surface area (TPSA) is 148 Å². The van der Waals surface area contributed by atoms with Crippen LogP contribution in [0.1, 0.15) is 35.4 Å². The van der Waals surface area contributed by atoms with Gasteiger partial charge in [0.25, 0.3) is 0 Å².